The van der Waals surface area contributed by atoms with Crippen LogP contribution in [0.25, 0.3) is 0 Å². The number of ether oxygens (including phenoxy) is 1. The van der Waals surface area contributed by atoms with Gasteiger partial charge in [-0.15, -0.1) is 0 Å². The number of esters is 1. The first kappa shape index (κ1) is 14.6. The Balaban J connectivity index is 2.82. The molecule has 0 bridgehead atoms. The van der Waals surface area contributed by atoms with Gasteiger partial charge in [-0.05, 0) is 17.7 Å². The van der Waals surface area contributed by atoms with Crippen molar-refractivity contribution < 1.29 is 17.9 Å². The molecule has 0 aliphatic rings. The monoisotopic (exact) mass is 272 g/mol. The minimum Gasteiger partial charge on any atom is -0.465 e. The molecule has 0 atom stereocenters. The highest BCUT2D eigenvalue weighted by Crippen LogP contribution is 2.09. The number of hydrogen-bond donors (Lipinski definition) is 2. The molecule has 1 aromatic rings. The first-order valence-electron chi connectivity index (χ1n) is 5.33. The molecule has 6 nitrogen and oxygen atoms in total. The van der Waals surface area contributed by atoms with Crippen molar-refractivity contribution >= 4 is 16.0 Å². The van der Waals surface area contributed by atoms with Crippen LogP contribution >= 0.6 is 0 Å². The molecule has 3 N–H and O–H groups in total. The lowest BCUT2D eigenvalue weighted by Crippen LogP contribution is -2.30. The van der Waals surface area contributed by atoms with E-state index >= 15 is 0 Å². The lowest BCUT2D eigenvalue weighted by molar-refractivity contribution is 0.0600. The SMILES string of the molecule is COC(=O)c1cccc(CS(=O)(=O)NCCN)c1. The number of nitrogens with two attached hydrogens (primary N) is 1. The lowest BCUT2D eigenvalue weighted by atomic mass is 10.1. The van der Waals surface area contributed by atoms with Gasteiger partial charge in [0.15, 0.2) is 0 Å². The van der Waals surface area contributed by atoms with Crippen LogP contribution in [0, 0.1) is 0 Å². The summed E-state index contributed by atoms with van der Waals surface area (Å²) >= 11 is 0. The molecule has 0 aliphatic carbocycles. The van der Waals surface area contributed by atoms with Gasteiger partial charge in [0.2, 0.25) is 10.0 Å². The van der Waals surface area contributed by atoms with Crippen LogP contribution in [-0.2, 0) is 20.5 Å². The van der Waals surface area contributed by atoms with Gasteiger partial charge in [-0.1, -0.05) is 12.1 Å². The molecule has 7 heteroatoms. The fraction of sp³-hybridized carbons (Fsp3) is 0.364. The van der Waals surface area contributed by atoms with E-state index in [4.69, 9.17) is 5.73 Å². The largest absolute Gasteiger partial charge is 0.465 e. The van der Waals surface area contributed by atoms with Gasteiger partial charge in [0.1, 0.15) is 0 Å². The van der Waals surface area contributed by atoms with Crippen LogP contribution in [-0.4, -0.2) is 34.6 Å². The summed E-state index contributed by atoms with van der Waals surface area (Å²) in [5, 5.41) is 0. The summed E-state index contributed by atoms with van der Waals surface area (Å²) in [6, 6.07) is 6.30. The molecular formula is C11H16N2O4S. The maximum atomic E-state index is 11.6. The molecule has 0 spiro atoms. The maximum absolute atomic E-state index is 11.6. The van der Waals surface area contributed by atoms with Crippen molar-refractivity contribution in [1.82, 2.24) is 4.72 Å². The molecule has 0 unspecified atom stereocenters. The molecule has 18 heavy (non-hydrogen) atoms. The van der Waals surface area contributed by atoms with E-state index in [0.29, 0.717) is 11.1 Å². The number of carbonyl (C=O) groups is 1. The molecule has 0 saturated heterocycles. The Bertz CT molecular complexity index is 514. The van der Waals surface area contributed by atoms with Crippen molar-refractivity contribution in [3.63, 3.8) is 0 Å². The number of methoxy groups -OCH3 is 1. The third-order valence-corrected chi connectivity index (χ3v) is 3.53. The topological polar surface area (TPSA) is 98.5 Å². The Morgan fingerprint density at radius 3 is 2.78 bits per heavy atom. The summed E-state index contributed by atoms with van der Waals surface area (Å²) < 4.78 is 30.2. The van der Waals surface area contributed by atoms with E-state index < -0.39 is 16.0 Å². The number of rotatable bonds is 6. The Hall–Kier alpha value is -1.44. The van der Waals surface area contributed by atoms with E-state index in [1.165, 1.54) is 13.2 Å². The molecule has 1 aromatic carbocycles. The number of carbonyl (C=O) groups excluding carboxylic acids is 1. The quantitative estimate of drug-likeness (QED) is 0.702. The molecule has 0 saturated carbocycles. The van der Waals surface area contributed by atoms with E-state index in [-0.39, 0.29) is 18.8 Å². The number of nitrogens with one attached hydrogen (secondary N) is 1. The summed E-state index contributed by atoms with van der Waals surface area (Å²) in [4.78, 5) is 11.3. The average molecular weight is 272 g/mol. The van der Waals surface area contributed by atoms with Gasteiger partial charge >= 0.3 is 5.97 Å². The van der Waals surface area contributed by atoms with E-state index in [0.717, 1.165) is 0 Å². The van der Waals surface area contributed by atoms with Crippen molar-refractivity contribution in [3.8, 4) is 0 Å². The highest BCUT2D eigenvalue weighted by atomic mass is 32.2. The molecule has 0 aromatic heterocycles. The zero-order chi connectivity index (χ0) is 13.6. The van der Waals surface area contributed by atoms with Crippen LogP contribution in [0.1, 0.15) is 15.9 Å². The zero-order valence-corrected chi connectivity index (χ0v) is 10.9. The Kier molecular flexibility index (Phi) is 5.26. The fourth-order valence-electron chi connectivity index (χ4n) is 1.39. The number of sulfonamides is 1. The standard InChI is InChI=1S/C11H16N2O4S/c1-17-11(14)10-4-2-3-9(7-10)8-18(15,16)13-6-5-12/h2-4,7,13H,5-6,8,12H2,1H3. The summed E-state index contributed by atoms with van der Waals surface area (Å²) in [5.74, 6) is -0.693. The van der Waals surface area contributed by atoms with Gasteiger partial charge in [-0.2, -0.15) is 0 Å². The predicted molar refractivity (Wildman–Crippen MR) is 67.5 cm³/mol. The average Bonchev–Trinajstić information content (AvgIpc) is 2.35. The second-order valence-electron chi connectivity index (χ2n) is 3.63. The molecule has 0 amide bonds. The van der Waals surface area contributed by atoms with Crippen molar-refractivity contribution in [2.75, 3.05) is 20.2 Å². The smallest absolute Gasteiger partial charge is 0.337 e. The van der Waals surface area contributed by atoms with Gasteiger partial charge in [0.05, 0.1) is 18.4 Å². The maximum Gasteiger partial charge on any atom is 0.337 e. The van der Waals surface area contributed by atoms with Gasteiger partial charge in [0, 0.05) is 13.1 Å². The first-order valence-corrected chi connectivity index (χ1v) is 6.98. The van der Waals surface area contributed by atoms with Gasteiger partial charge in [-0.25, -0.2) is 17.9 Å². The summed E-state index contributed by atoms with van der Waals surface area (Å²) in [6.45, 7) is 0.431. The molecule has 0 fully saturated rings. The number of hydrogen-bond acceptors (Lipinski definition) is 5. The summed E-state index contributed by atoms with van der Waals surface area (Å²) in [6.07, 6.45) is 0. The Morgan fingerprint density at radius 2 is 2.17 bits per heavy atom. The molecule has 0 radical (unpaired) electrons. The molecular weight excluding hydrogens is 256 g/mol. The van der Waals surface area contributed by atoms with Crippen LogP contribution in [0.3, 0.4) is 0 Å². The van der Waals surface area contributed by atoms with Crippen molar-refractivity contribution in [1.29, 1.82) is 0 Å². The van der Waals surface area contributed by atoms with Crippen LogP contribution in [0.5, 0.6) is 0 Å². The zero-order valence-electron chi connectivity index (χ0n) is 10.0. The summed E-state index contributed by atoms with van der Waals surface area (Å²) in [5.41, 5.74) is 6.06. The highest BCUT2D eigenvalue weighted by molar-refractivity contribution is 7.88. The third-order valence-electron chi connectivity index (χ3n) is 2.17. The molecule has 1 rings (SSSR count). The first-order chi connectivity index (χ1) is 8.48. The third kappa shape index (κ3) is 4.44. The van der Waals surface area contributed by atoms with E-state index in [9.17, 15) is 13.2 Å². The van der Waals surface area contributed by atoms with E-state index in [2.05, 4.69) is 9.46 Å². The number of benzene rings is 1. The minimum absolute atomic E-state index is 0.193. The van der Waals surface area contributed by atoms with Gasteiger partial charge in [-0.3, -0.25) is 0 Å². The summed E-state index contributed by atoms with van der Waals surface area (Å²) in [7, 11) is -2.16. The van der Waals surface area contributed by atoms with Gasteiger partial charge < -0.3 is 10.5 Å². The fourth-order valence-corrected chi connectivity index (χ4v) is 2.54. The van der Waals surface area contributed by atoms with Crippen LogP contribution in [0.4, 0.5) is 0 Å². The molecule has 0 heterocycles. The van der Waals surface area contributed by atoms with Gasteiger partial charge in [0.25, 0.3) is 0 Å². The van der Waals surface area contributed by atoms with Crippen LogP contribution < -0.4 is 10.5 Å². The van der Waals surface area contributed by atoms with Crippen LogP contribution in [0.2, 0.25) is 0 Å². The Morgan fingerprint density at radius 1 is 1.44 bits per heavy atom. The normalized spacial score (nSPS) is 11.2. The highest BCUT2D eigenvalue weighted by Gasteiger charge is 2.12. The minimum atomic E-state index is -3.43. The van der Waals surface area contributed by atoms with Crippen LogP contribution in [0.15, 0.2) is 24.3 Å². The van der Waals surface area contributed by atoms with Crippen molar-refractivity contribution in [3.05, 3.63) is 35.4 Å². The molecule has 0 aliphatic heterocycles. The predicted octanol–water partition coefficient (Wildman–Crippen LogP) is -0.149. The van der Waals surface area contributed by atoms with Crippen molar-refractivity contribution in [2.45, 2.75) is 5.75 Å². The second-order valence-corrected chi connectivity index (χ2v) is 5.44. The van der Waals surface area contributed by atoms with Crippen molar-refractivity contribution in [2.24, 2.45) is 5.73 Å². The molecule has 100 valence electrons. The Labute approximate surface area is 106 Å². The second kappa shape index (κ2) is 6.48. The lowest BCUT2D eigenvalue weighted by Gasteiger charge is -2.06. The van der Waals surface area contributed by atoms with E-state index in [1.54, 1.807) is 18.2 Å². The van der Waals surface area contributed by atoms with E-state index in [1.807, 2.05) is 0 Å².